The van der Waals surface area contributed by atoms with Gasteiger partial charge in [-0.05, 0) is 50.7 Å². The molecule has 1 aromatic carbocycles. The normalized spacial score (nSPS) is 20.9. The first-order valence-electron chi connectivity index (χ1n) is 9.57. The number of hydrogen-bond acceptors (Lipinski definition) is 3. The van der Waals surface area contributed by atoms with Crippen LogP contribution < -0.4 is 20.3 Å². The molecule has 6 nitrogen and oxygen atoms in total. The second-order valence-electron chi connectivity index (χ2n) is 7.26. The number of rotatable bonds is 8. The molecule has 0 spiro atoms. The molecule has 6 heteroatoms. The van der Waals surface area contributed by atoms with Crippen molar-refractivity contribution in [2.75, 3.05) is 32.1 Å². The number of likely N-dealkylation sites (N-methyl/N-ethyl adjacent to an activating group) is 1. The third-order valence-electron chi connectivity index (χ3n) is 5.06. The number of ether oxygens (including phenoxy) is 1. The number of carbonyl (C=O) groups excluding carboxylic acids is 2. The first kappa shape index (κ1) is 20.2. The lowest BCUT2D eigenvalue weighted by atomic mass is 9.87. The molecule has 0 radical (unpaired) electrons. The number of nitrogens with one attached hydrogen (secondary N) is 3. The van der Waals surface area contributed by atoms with Gasteiger partial charge in [-0.15, -0.1) is 0 Å². The molecule has 1 saturated carbocycles. The average molecular weight is 362 g/mol. The highest BCUT2D eigenvalue weighted by molar-refractivity contribution is 5.91. The summed E-state index contributed by atoms with van der Waals surface area (Å²) in [5, 5.41) is 6.00. The summed E-state index contributed by atoms with van der Waals surface area (Å²) in [6, 6.07) is 7.55. The summed E-state index contributed by atoms with van der Waals surface area (Å²) in [5.41, 5.74) is 0.700. The highest BCUT2D eigenvalue weighted by Gasteiger charge is 2.22. The maximum Gasteiger partial charge on any atom is 0.279 e. The van der Waals surface area contributed by atoms with Crippen LogP contribution >= 0.6 is 0 Å². The van der Waals surface area contributed by atoms with E-state index in [1.54, 1.807) is 13.2 Å². The molecule has 0 aliphatic heterocycles. The molecule has 1 aliphatic carbocycles. The van der Waals surface area contributed by atoms with Crippen molar-refractivity contribution >= 4 is 17.5 Å². The molecule has 0 bridgehead atoms. The van der Waals surface area contributed by atoms with Gasteiger partial charge in [0, 0.05) is 17.8 Å². The molecule has 0 heterocycles. The average Bonchev–Trinajstić information content (AvgIpc) is 2.63. The van der Waals surface area contributed by atoms with E-state index in [0.29, 0.717) is 24.0 Å². The van der Waals surface area contributed by atoms with Gasteiger partial charge in [0.15, 0.2) is 13.1 Å². The van der Waals surface area contributed by atoms with Crippen LogP contribution in [-0.2, 0) is 9.59 Å². The first-order chi connectivity index (χ1) is 12.5. The van der Waals surface area contributed by atoms with Crippen molar-refractivity contribution in [3.05, 3.63) is 24.3 Å². The summed E-state index contributed by atoms with van der Waals surface area (Å²) in [5.74, 6) is 1.40. The maximum absolute atomic E-state index is 12.3. The van der Waals surface area contributed by atoms with Crippen molar-refractivity contribution in [2.24, 2.45) is 5.92 Å². The largest absolute Gasteiger partial charge is 0.497 e. The van der Waals surface area contributed by atoms with Crippen molar-refractivity contribution in [3.63, 3.8) is 0 Å². The Bertz CT molecular complexity index is 598. The molecule has 1 fully saturated rings. The van der Waals surface area contributed by atoms with Gasteiger partial charge in [0.05, 0.1) is 13.7 Å². The Labute approximate surface area is 156 Å². The zero-order valence-corrected chi connectivity index (χ0v) is 16.1. The molecule has 1 atom stereocenters. The molecular formula is C20H32N3O3+. The van der Waals surface area contributed by atoms with Crippen LogP contribution in [0.25, 0.3) is 0 Å². The van der Waals surface area contributed by atoms with Crippen molar-refractivity contribution in [3.8, 4) is 5.75 Å². The number of carbonyl (C=O) groups is 2. The van der Waals surface area contributed by atoms with Gasteiger partial charge in [-0.1, -0.05) is 13.0 Å². The minimum Gasteiger partial charge on any atom is -0.497 e. The lowest BCUT2D eigenvalue weighted by molar-refractivity contribution is -0.881. The Balaban J connectivity index is 1.78. The second kappa shape index (κ2) is 10.2. The zero-order chi connectivity index (χ0) is 18.9. The van der Waals surface area contributed by atoms with Crippen molar-refractivity contribution in [1.29, 1.82) is 0 Å². The molecule has 0 saturated heterocycles. The first-order valence-corrected chi connectivity index (χ1v) is 9.57. The fraction of sp³-hybridized carbons (Fsp3) is 0.600. The smallest absolute Gasteiger partial charge is 0.279 e. The molecule has 1 aromatic rings. The minimum atomic E-state index is -0.102. The molecule has 2 amide bonds. The van der Waals surface area contributed by atoms with Crippen LogP contribution in [0.2, 0.25) is 0 Å². The highest BCUT2D eigenvalue weighted by Crippen LogP contribution is 2.23. The quantitative estimate of drug-likeness (QED) is 0.651. The van der Waals surface area contributed by atoms with E-state index >= 15 is 0 Å². The maximum atomic E-state index is 12.3. The molecule has 1 aliphatic rings. The van der Waals surface area contributed by atoms with Crippen LogP contribution in [0.1, 0.15) is 39.5 Å². The molecule has 0 aromatic heterocycles. The molecule has 144 valence electrons. The summed E-state index contributed by atoms with van der Waals surface area (Å²) in [4.78, 5) is 25.5. The van der Waals surface area contributed by atoms with Crippen LogP contribution in [0.15, 0.2) is 24.3 Å². The summed E-state index contributed by atoms with van der Waals surface area (Å²) in [6.45, 7) is 5.57. The minimum absolute atomic E-state index is 0.0376. The van der Waals surface area contributed by atoms with E-state index in [1.165, 1.54) is 12.8 Å². The summed E-state index contributed by atoms with van der Waals surface area (Å²) >= 11 is 0. The van der Waals surface area contributed by atoms with E-state index in [0.717, 1.165) is 30.2 Å². The SMILES string of the molecule is CC[NH+](CC(=O)Nc1cccc(OC)c1)CC(=O)NC1CCC(C)CC1. The van der Waals surface area contributed by atoms with Gasteiger partial charge in [-0.3, -0.25) is 9.59 Å². The molecule has 2 rings (SSSR count). The van der Waals surface area contributed by atoms with Crippen molar-refractivity contribution in [2.45, 2.75) is 45.6 Å². The number of hydrogen-bond donors (Lipinski definition) is 3. The Morgan fingerprint density at radius 3 is 2.50 bits per heavy atom. The van der Waals surface area contributed by atoms with E-state index < -0.39 is 0 Å². The van der Waals surface area contributed by atoms with E-state index in [9.17, 15) is 9.59 Å². The molecule has 1 unspecified atom stereocenters. The van der Waals surface area contributed by atoms with Crippen molar-refractivity contribution < 1.29 is 19.2 Å². The van der Waals surface area contributed by atoms with Crippen LogP contribution in [-0.4, -0.2) is 44.6 Å². The lowest BCUT2D eigenvalue weighted by Gasteiger charge is -2.27. The molecular weight excluding hydrogens is 330 g/mol. The van der Waals surface area contributed by atoms with E-state index in [1.807, 2.05) is 25.1 Å². The predicted octanol–water partition coefficient (Wildman–Crippen LogP) is 1.23. The standard InChI is InChI=1S/C20H31N3O3/c1-4-23(13-19(24)21-16-10-8-15(2)9-11-16)14-20(25)22-17-6-5-7-18(12-17)26-3/h5-7,12,15-16H,4,8-11,13-14H2,1-3H3,(H,21,24)(H,22,25)/p+1. The van der Waals surface area contributed by atoms with Crippen molar-refractivity contribution in [1.82, 2.24) is 5.32 Å². The number of methoxy groups -OCH3 is 1. The third-order valence-corrected chi connectivity index (χ3v) is 5.06. The summed E-state index contributed by atoms with van der Waals surface area (Å²) in [7, 11) is 1.59. The van der Waals surface area contributed by atoms with Crippen LogP contribution in [0.3, 0.4) is 0 Å². The van der Waals surface area contributed by atoms with Crippen LogP contribution in [0, 0.1) is 5.92 Å². The van der Waals surface area contributed by atoms with Gasteiger partial charge in [-0.25, -0.2) is 0 Å². The van der Waals surface area contributed by atoms with E-state index in [2.05, 4.69) is 17.6 Å². The third kappa shape index (κ3) is 6.67. The van der Waals surface area contributed by atoms with Gasteiger partial charge in [-0.2, -0.15) is 0 Å². The second-order valence-corrected chi connectivity index (χ2v) is 7.26. The Hall–Kier alpha value is -2.08. The van der Waals surface area contributed by atoms with Gasteiger partial charge in [0.2, 0.25) is 0 Å². The number of amides is 2. The Morgan fingerprint density at radius 2 is 1.85 bits per heavy atom. The highest BCUT2D eigenvalue weighted by atomic mass is 16.5. The number of quaternary nitrogens is 1. The predicted molar refractivity (Wildman–Crippen MR) is 102 cm³/mol. The molecule has 3 N–H and O–H groups in total. The zero-order valence-electron chi connectivity index (χ0n) is 16.1. The van der Waals surface area contributed by atoms with E-state index in [4.69, 9.17) is 4.74 Å². The van der Waals surface area contributed by atoms with Crippen LogP contribution in [0.4, 0.5) is 5.69 Å². The van der Waals surface area contributed by atoms with E-state index in [-0.39, 0.29) is 18.4 Å². The summed E-state index contributed by atoms with van der Waals surface area (Å²) in [6.07, 6.45) is 4.48. The number of anilines is 1. The molecule has 26 heavy (non-hydrogen) atoms. The fourth-order valence-corrected chi connectivity index (χ4v) is 3.36. The van der Waals surface area contributed by atoms with Gasteiger partial charge in [0.25, 0.3) is 11.8 Å². The topological polar surface area (TPSA) is 71.9 Å². The fourth-order valence-electron chi connectivity index (χ4n) is 3.36. The summed E-state index contributed by atoms with van der Waals surface area (Å²) < 4.78 is 5.16. The lowest BCUT2D eigenvalue weighted by Crippen LogP contribution is -3.14. The number of benzene rings is 1. The Morgan fingerprint density at radius 1 is 1.15 bits per heavy atom. The monoisotopic (exact) mass is 362 g/mol. The van der Waals surface area contributed by atoms with Gasteiger partial charge >= 0.3 is 0 Å². The van der Waals surface area contributed by atoms with Gasteiger partial charge < -0.3 is 20.3 Å². The van der Waals surface area contributed by atoms with Crippen LogP contribution in [0.5, 0.6) is 5.75 Å². The Kier molecular flexibility index (Phi) is 7.91. The van der Waals surface area contributed by atoms with Gasteiger partial charge in [0.1, 0.15) is 5.75 Å².